The summed E-state index contributed by atoms with van der Waals surface area (Å²) >= 11 is 0. The molecule has 2 aliphatic heterocycles. The molecular weight excluding hydrogens is 412 g/mol. The monoisotopic (exact) mass is 442 g/mol. The Morgan fingerprint density at radius 3 is 2.06 bits per heavy atom. The van der Waals surface area contributed by atoms with Crippen LogP contribution in [0.4, 0.5) is 0 Å². The van der Waals surface area contributed by atoms with E-state index in [0.29, 0.717) is 48.7 Å². The van der Waals surface area contributed by atoms with Crippen LogP contribution in [0.5, 0.6) is 5.75 Å². The minimum absolute atomic E-state index is 0.153. The fourth-order valence-corrected chi connectivity index (χ4v) is 6.75. The van der Waals surface area contributed by atoms with Crippen LogP contribution in [0.2, 0.25) is 0 Å². The predicted molar refractivity (Wildman–Crippen MR) is 120 cm³/mol. The van der Waals surface area contributed by atoms with E-state index in [4.69, 9.17) is 4.74 Å². The number of rotatable bonds is 2. The van der Waals surface area contributed by atoms with Crippen molar-refractivity contribution in [1.82, 2.24) is 9.62 Å². The summed E-state index contributed by atoms with van der Waals surface area (Å²) in [5, 5.41) is 2.95. The van der Waals surface area contributed by atoms with Crippen molar-refractivity contribution in [3.05, 3.63) is 57.6 Å². The highest BCUT2D eigenvalue weighted by atomic mass is 32.2. The second-order valence-electron chi connectivity index (χ2n) is 8.82. The third-order valence-corrected chi connectivity index (χ3v) is 9.37. The lowest BCUT2D eigenvalue weighted by Crippen LogP contribution is -2.54. The Kier molecular flexibility index (Phi) is 5.38. The van der Waals surface area contributed by atoms with Crippen molar-refractivity contribution in [2.24, 2.45) is 0 Å². The Hall–Kier alpha value is -2.38. The maximum Gasteiger partial charge on any atom is 0.255 e. The molecule has 2 aliphatic rings. The Morgan fingerprint density at radius 1 is 0.903 bits per heavy atom. The molecule has 6 nitrogen and oxygen atoms in total. The Morgan fingerprint density at radius 2 is 1.45 bits per heavy atom. The Labute approximate surface area is 184 Å². The van der Waals surface area contributed by atoms with Crippen LogP contribution in [0.15, 0.2) is 29.2 Å². The topological polar surface area (TPSA) is 75.7 Å². The molecule has 2 aromatic carbocycles. The van der Waals surface area contributed by atoms with Crippen LogP contribution in [-0.4, -0.2) is 43.9 Å². The number of amides is 1. The van der Waals surface area contributed by atoms with E-state index in [0.717, 1.165) is 27.8 Å². The number of carbonyl (C=O) groups excluding carboxylic acids is 1. The van der Waals surface area contributed by atoms with Crippen LogP contribution in [0.1, 0.15) is 51.0 Å². The smallest absolute Gasteiger partial charge is 0.255 e. The van der Waals surface area contributed by atoms with E-state index in [2.05, 4.69) is 5.32 Å². The molecule has 0 aliphatic carbocycles. The zero-order chi connectivity index (χ0) is 22.6. The molecule has 1 fully saturated rings. The fourth-order valence-electron chi connectivity index (χ4n) is 4.74. The molecule has 31 heavy (non-hydrogen) atoms. The molecule has 2 heterocycles. The van der Waals surface area contributed by atoms with Crippen LogP contribution in [0, 0.1) is 34.6 Å². The van der Waals surface area contributed by atoms with Crippen LogP contribution >= 0.6 is 0 Å². The summed E-state index contributed by atoms with van der Waals surface area (Å²) in [7, 11) is -3.63. The van der Waals surface area contributed by atoms with Gasteiger partial charge in [-0.1, -0.05) is 12.1 Å². The van der Waals surface area contributed by atoms with Crippen molar-refractivity contribution in [1.29, 1.82) is 0 Å². The highest BCUT2D eigenvalue weighted by Gasteiger charge is 2.43. The average Bonchev–Trinajstić information content (AvgIpc) is 2.88. The number of nitrogens with zero attached hydrogens (tertiary/aromatic N) is 1. The van der Waals surface area contributed by atoms with Crippen molar-refractivity contribution < 1.29 is 17.9 Å². The molecule has 0 unspecified atom stereocenters. The third kappa shape index (κ3) is 3.53. The lowest BCUT2D eigenvalue weighted by molar-refractivity contribution is 0.0246. The molecule has 0 aromatic heterocycles. The zero-order valence-corrected chi connectivity index (χ0v) is 19.6. The van der Waals surface area contributed by atoms with E-state index >= 15 is 0 Å². The van der Waals surface area contributed by atoms with Crippen LogP contribution in [-0.2, 0) is 10.0 Å². The molecular formula is C24H30N2O4S. The van der Waals surface area contributed by atoms with Gasteiger partial charge >= 0.3 is 0 Å². The lowest BCUT2D eigenvalue weighted by atomic mass is 9.92. The van der Waals surface area contributed by atoms with E-state index in [1.165, 1.54) is 0 Å². The molecule has 1 amide bonds. The van der Waals surface area contributed by atoms with Crippen molar-refractivity contribution >= 4 is 15.9 Å². The van der Waals surface area contributed by atoms with Crippen molar-refractivity contribution in [2.75, 3.05) is 19.6 Å². The maximum absolute atomic E-state index is 13.6. The number of fused-ring (bicyclic) bond motifs is 1. The van der Waals surface area contributed by atoms with Gasteiger partial charge in [0.15, 0.2) is 0 Å². The second kappa shape index (κ2) is 7.64. The van der Waals surface area contributed by atoms with Gasteiger partial charge in [-0.3, -0.25) is 4.79 Å². The molecule has 4 rings (SSSR count). The first-order chi connectivity index (χ1) is 14.6. The van der Waals surface area contributed by atoms with E-state index in [1.807, 2.05) is 46.8 Å². The number of ether oxygens (including phenoxy) is 1. The number of hydrogen-bond donors (Lipinski definition) is 1. The molecule has 0 atom stereocenters. The van der Waals surface area contributed by atoms with Gasteiger partial charge < -0.3 is 10.1 Å². The fraction of sp³-hybridized carbons (Fsp3) is 0.458. The summed E-state index contributed by atoms with van der Waals surface area (Å²) < 4.78 is 35.2. The predicted octanol–water partition coefficient (Wildman–Crippen LogP) is 3.57. The largest absolute Gasteiger partial charge is 0.485 e. The molecule has 1 saturated heterocycles. The second-order valence-corrected chi connectivity index (χ2v) is 10.7. The van der Waals surface area contributed by atoms with Gasteiger partial charge in [-0.05, 0) is 74.6 Å². The maximum atomic E-state index is 13.6. The minimum atomic E-state index is -3.63. The number of sulfonamides is 1. The summed E-state index contributed by atoms with van der Waals surface area (Å²) in [5.74, 6) is 0.407. The molecule has 1 spiro atoms. The van der Waals surface area contributed by atoms with Crippen molar-refractivity contribution in [2.45, 2.75) is 58.0 Å². The molecule has 0 bridgehead atoms. The number of benzene rings is 2. The van der Waals surface area contributed by atoms with E-state index in [-0.39, 0.29) is 5.91 Å². The summed E-state index contributed by atoms with van der Waals surface area (Å²) in [6.45, 7) is 10.9. The highest BCUT2D eigenvalue weighted by Crippen LogP contribution is 2.36. The van der Waals surface area contributed by atoms with Gasteiger partial charge in [-0.15, -0.1) is 0 Å². The number of piperidine rings is 1. The summed E-state index contributed by atoms with van der Waals surface area (Å²) in [4.78, 5) is 12.8. The van der Waals surface area contributed by atoms with Crippen LogP contribution < -0.4 is 10.1 Å². The van der Waals surface area contributed by atoms with Gasteiger partial charge in [0.1, 0.15) is 11.4 Å². The van der Waals surface area contributed by atoms with Gasteiger partial charge in [-0.25, -0.2) is 8.42 Å². The van der Waals surface area contributed by atoms with Gasteiger partial charge in [0.25, 0.3) is 5.91 Å². The molecule has 0 saturated carbocycles. The van der Waals surface area contributed by atoms with Crippen LogP contribution in [0.25, 0.3) is 0 Å². The third-order valence-electron chi connectivity index (χ3n) is 7.19. The Bertz CT molecular complexity index is 1130. The molecule has 0 radical (unpaired) electrons. The standard InChI is InChI=1S/C24H30N2O4S/c1-15-16(2)18(4)22(19(5)17(15)3)31(28,29)26-12-10-24(11-13-26)14-25-23(27)20-8-6-7-9-21(20)30-24/h6-9H,10-14H2,1-5H3,(H,25,27). The highest BCUT2D eigenvalue weighted by molar-refractivity contribution is 7.89. The van der Waals surface area contributed by atoms with Crippen molar-refractivity contribution in [3.63, 3.8) is 0 Å². The normalized spacial score (nSPS) is 18.8. The molecule has 2 aromatic rings. The number of para-hydroxylation sites is 1. The quantitative estimate of drug-likeness (QED) is 0.771. The first kappa shape index (κ1) is 21.8. The first-order valence-electron chi connectivity index (χ1n) is 10.7. The number of carbonyl (C=O) groups is 1. The molecule has 7 heteroatoms. The zero-order valence-electron chi connectivity index (χ0n) is 18.8. The number of nitrogens with one attached hydrogen (secondary N) is 1. The van der Waals surface area contributed by atoms with Crippen molar-refractivity contribution in [3.8, 4) is 5.75 Å². The molecule has 166 valence electrons. The summed E-state index contributed by atoms with van der Waals surface area (Å²) in [6, 6.07) is 7.20. The van der Waals surface area contributed by atoms with E-state index < -0.39 is 15.6 Å². The van der Waals surface area contributed by atoms with Crippen LogP contribution in [0.3, 0.4) is 0 Å². The lowest BCUT2D eigenvalue weighted by Gasteiger charge is -2.40. The van der Waals surface area contributed by atoms with E-state index in [9.17, 15) is 13.2 Å². The van der Waals surface area contributed by atoms with Gasteiger partial charge in [0.05, 0.1) is 17.0 Å². The van der Waals surface area contributed by atoms with Gasteiger partial charge in [0.2, 0.25) is 10.0 Å². The van der Waals surface area contributed by atoms with Gasteiger partial charge in [-0.2, -0.15) is 4.31 Å². The van der Waals surface area contributed by atoms with Gasteiger partial charge in [0, 0.05) is 25.9 Å². The first-order valence-corrected chi connectivity index (χ1v) is 12.1. The summed E-state index contributed by atoms with van der Waals surface area (Å²) in [5.41, 5.74) is 4.78. The van der Waals surface area contributed by atoms with E-state index in [1.54, 1.807) is 16.4 Å². The average molecular weight is 443 g/mol. The number of hydrogen-bond acceptors (Lipinski definition) is 4. The minimum Gasteiger partial charge on any atom is -0.485 e. The SMILES string of the molecule is Cc1c(C)c(C)c(S(=O)(=O)N2CCC3(CC2)CNC(=O)c2ccccc2O3)c(C)c1C. The summed E-state index contributed by atoms with van der Waals surface area (Å²) in [6.07, 6.45) is 1.03. The Balaban J connectivity index is 1.62. The molecule has 1 N–H and O–H groups in total.